The van der Waals surface area contributed by atoms with Crippen LogP contribution in [-0.4, -0.2) is 86.5 Å². The lowest BCUT2D eigenvalue weighted by atomic mass is 10.0. The van der Waals surface area contributed by atoms with Crippen molar-refractivity contribution < 1.29 is 22.7 Å². The average molecular weight is 523 g/mol. The van der Waals surface area contributed by atoms with E-state index in [1.807, 2.05) is 18.2 Å². The second-order valence-electron chi connectivity index (χ2n) is 9.80. The Balaban J connectivity index is 1.40. The predicted octanol–water partition coefficient (Wildman–Crippen LogP) is 2.52. The molecule has 37 heavy (non-hydrogen) atoms. The van der Waals surface area contributed by atoms with Crippen LogP contribution in [0.2, 0.25) is 0 Å². The van der Waals surface area contributed by atoms with Gasteiger partial charge in [-0.25, -0.2) is 13.1 Å². The fourth-order valence-corrected chi connectivity index (χ4v) is 7.07. The van der Waals surface area contributed by atoms with Gasteiger partial charge >= 0.3 is 0 Å². The third-order valence-corrected chi connectivity index (χ3v) is 9.14. The van der Waals surface area contributed by atoms with Crippen LogP contribution in [0, 0.1) is 0 Å². The molecule has 0 radical (unpaired) electrons. The van der Waals surface area contributed by atoms with E-state index in [0.29, 0.717) is 43.1 Å². The standard InChI is InChI=1S/C27H30N4O5S/c1-35-21-10-11-29(17-21)16-19-6-8-20(9-7-19)31-26-22-4-2-3-5-24(22)37(33,34)18-23(26)25(28-31)27(32)30-12-14-36-15-13-30/h2-9,21H,10-18H2,1H3. The van der Waals surface area contributed by atoms with Crippen LogP contribution < -0.4 is 0 Å². The molecule has 3 aromatic rings. The minimum atomic E-state index is -3.60. The summed E-state index contributed by atoms with van der Waals surface area (Å²) in [5.74, 6) is -0.510. The molecule has 2 saturated heterocycles. The lowest BCUT2D eigenvalue weighted by Gasteiger charge is -2.26. The highest BCUT2D eigenvalue weighted by atomic mass is 32.2. The van der Waals surface area contributed by atoms with Crippen molar-refractivity contribution in [2.24, 2.45) is 0 Å². The van der Waals surface area contributed by atoms with Gasteiger partial charge in [0.25, 0.3) is 5.91 Å². The monoisotopic (exact) mass is 522 g/mol. The van der Waals surface area contributed by atoms with Crippen molar-refractivity contribution in [3.8, 4) is 16.9 Å². The first-order valence-corrected chi connectivity index (χ1v) is 14.3. The number of carbonyl (C=O) groups excluding carboxylic acids is 1. The number of carbonyl (C=O) groups is 1. The zero-order valence-corrected chi connectivity index (χ0v) is 21.6. The molecule has 0 N–H and O–H groups in total. The Morgan fingerprint density at radius 3 is 2.57 bits per heavy atom. The third kappa shape index (κ3) is 4.48. The molecule has 4 heterocycles. The molecule has 0 aliphatic carbocycles. The first-order chi connectivity index (χ1) is 17.9. The van der Waals surface area contributed by atoms with Crippen LogP contribution in [0.1, 0.15) is 28.0 Å². The SMILES string of the molecule is COC1CCN(Cc2ccc(-n3nc(C(=O)N4CCOCC4)c4c3-c3ccccc3S(=O)(=O)C4)cc2)C1. The highest BCUT2D eigenvalue weighted by Crippen LogP contribution is 2.40. The topological polar surface area (TPSA) is 94.0 Å². The Bertz CT molecular complexity index is 1430. The van der Waals surface area contributed by atoms with Crippen molar-refractivity contribution in [3.63, 3.8) is 0 Å². The molecule has 0 spiro atoms. The fraction of sp³-hybridized carbons (Fsp3) is 0.407. The van der Waals surface area contributed by atoms with Crippen molar-refractivity contribution >= 4 is 15.7 Å². The molecule has 9 nitrogen and oxygen atoms in total. The number of methoxy groups -OCH3 is 1. The molecular formula is C27H30N4O5S. The zero-order valence-electron chi connectivity index (χ0n) is 20.8. The number of morpholine rings is 1. The van der Waals surface area contributed by atoms with E-state index in [0.717, 1.165) is 31.7 Å². The maximum absolute atomic E-state index is 13.5. The Labute approximate surface area is 216 Å². The molecule has 194 valence electrons. The third-order valence-electron chi connectivity index (χ3n) is 7.45. The van der Waals surface area contributed by atoms with Gasteiger partial charge in [0.2, 0.25) is 0 Å². The highest BCUT2D eigenvalue weighted by Gasteiger charge is 2.37. The number of rotatable bonds is 5. The van der Waals surface area contributed by atoms with Crippen LogP contribution in [0.3, 0.4) is 0 Å². The van der Waals surface area contributed by atoms with Gasteiger partial charge in [-0.05, 0) is 30.2 Å². The number of aromatic nitrogens is 2. The molecular weight excluding hydrogens is 492 g/mol. The number of hydrogen-bond donors (Lipinski definition) is 0. The van der Waals surface area contributed by atoms with Crippen molar-refractivity contribution in [3.05, 3.63) is 65.4 Å². The quantitative estimate of drug-likeness (QED) is 0.508. The van der Waals surface area contributed by atoms with Gasteiger partial charge in [-0.2, -0.15) is 5.10 Å². The maximum atomic E-state index is 13.5. The van der Waals surface area contributed by atoms with Crippen LogP contribution in [-0.2, 0) is 31.6 Å². The molecule has 1 aromatic heterocycles. The number of ether oxygens (including phenoxy) is 2. The number of fused-ring (bicyclic) bond motifs is 3. The molecule has 0 saturated carbocycles. The smallest absolute Gasteiger partial charge is 0.274 e. The molecule has 3 aliphatic rings. The molecule has 1 amide bonds. The summed E-state index contributed by atoms with van der Waals surface area (Å²) < 4.78 is 39.0. The second kappa shape index (κ2) is 9.68. The Morgan fingerprint density at radius 1 is 1.08 bits per heavy atom. The van der Waals surface area contributed by atoms with Gasteiger partial charge in [0.05, 0.1) is 41.3 Å². The van der Waals surface area contributed by atoms with Crippen molar-refractivity contribution in [1.29, 1.82) is 0 Å². The van der Waals surface area contributed by atoms with Crippen LogP contribution in [0.4, 0.5) is 0 Å². The summed E-state index contributed by atoms with van der Waals surface area (Å²) in [6.45, 7) is 4.59. The Morgan fingerprint density at radius 2 is 1.84 bits per heavy atom. The summed E-state index contributed by atoms with van der Waals surface area (Å²) in [5, 5.41) is 4.75. The average Bonchev–Trinajstić information content (AvgIpc) is 3.53. The summed E-state index contributed by atoms with van der Waals surface area (Å²) in [5.41, 5.74) is 3.85. The number of hydrogen-bond acceptors (Lipinski definition) is 7. The van der Waals surface area contributed by atoms with Crippen LogP contribution in [0.15, 0.2) is 53.4 Å². The predicted molar refractivity (Wildman–Crippen MR) is 137 cm³/mol. The number of likely N-dealkylation sites (tertiary alicyclic amines) is 1. The number of nitrogens with zero attached hydrogens (tertiary/aromatic N) is 4. The Hall–Kier alpha value is -3.05. The van der Waals surface area contributed by atoms with E-state index >= 15 is 0 Å². The van der Waals surface area contributed by atoms with E-state index in [-0.39, 0.29) is 28.4 Å². The molecule has 10 heteroatoms. The minimum Gasteiger partial charge on any atom is -0.380 e. The van der Waals surface area contributed by atoms with Gasteiger partial charge in [0, 0.05) is 51.0 Å². The van der Waals surface area contributed by atoms with E-state index < -0.39 is 9.84 Å². The van der Waals surface area contributed by atoms with E-state index in [9.17, 15) is 13.2 Å². The lowest BCUT2D eigenvalue weighted by molar-refractivity contribution is 0.0298. The largest absolute Gasteiger partial charge is 0.380 e. The molecule has 3 aliphatic heterocycles. The zero-order chi connectivity index (χ0) is 25.6. The van der Waals surface area contributed by atoms with E-state index in [1.165, 1.54) is 5.56 Å². The molecule has 2 fully saturated rings. The lowest BCUT2D eigenvalue weighted by Crippen LogP contribution is -2.41. The summed E-state index contributed by atoms with van der Waals surface area (Å²) >= 11 is 0. The van der Waals surface area contributed by atoms with Gasteiger partial charge in [0.15, 0.2) is 15.5 Å². The molecule has 2 aromatic carbocycles. The van der Waals surface area contributed by atoms with Crippen molar-refractivity contribution in [2.45, 2.75) is 29.7 Å². The molecule has 6 rings (SSSR count). The van der Waals surface area contributed by atoms with Gasteiger partial charge < -0.3 is 14.4 Å². The highest BCUT2D eigenvalue weighted by molar-refractivity contribution is 7.90. The Kier molecular flexibility index (Phi) is 6.36. The van der Waals surface area contributed by atoms with Crippen molar-refractivity contribution in [2.75, 3.05) is 46.5 Å². The summed E-state index contributed by atoms with van der Waals surface area (Å²) in [6.07, 6.45) is 1.32. The van der Waals surface area contributed by atoms with E-state index in [1.54, 1.807) is 34.9 Å². The number of benzene rings is 2. The van der Waals surface area contributed by atoms with E-state index in [4.69, 9.17) is 14.6 Å². The maximum Gasteiger partial charge on any atom is 0.274 e. The fourth-order valence-electron chi connectivity index (χ4n) is 5.47. The summed E-state index contributed by atoms with van der Waals surface area (Å²) in [4.78, 5) is 17.9. The first-order valence-electron chi connectivity index (χ1n) is 12.6. The van der Waals surface area contributed by atoms with E-state index in [2.05, 4.69) is 17.0 Å². The van der Waals surface area contributed by atoms with Crippen molar-refractivity contribution in [1.82, 2.24) is 19.6 Å². The molecule has 0 bridgehead atoms. The van der Waals surface area contributed by atoms with Crippen LogP contribution in [0.5, 0.6) is 0 Å². The summed E-state index contributed by atoms with van der Waals surface area (Å²) in [6, 6.07) is 15.1. The van der Waals surface area contributed by atoms with Gasteiger partial charge in [-0.15, -0.1) is 0 Å². The summed E-state index contributed by atoms with van der Waals surface area (Å²) in [7, 11) is -1.84. The molecule has 1 unspecified atom stereocenters. The number of sulfone groups is 1. The van der Waals surface area contributed by atoms with Crippen LogP contribution in [0.25, 0.3) is 16.9 Å². The van der Waals surface area contributed by atoms with Gasteiger partial charge in [-0.1, -0.05) is 30.3 Å². The molecule has 1 atom stereocenters. The normalized spacial score (nSPS) is 21.0. The second-order valence-corrected chi connectivity index (χ2v) is 11.8. The van der Waals surface area contributed by atoms with Gasteiger partial charge in [-0.3, -0.25) is 9.69 Å². The first kappa shape index (κ1) is 24.3. The van der Waals surface area contributed by atoms with Crippen LogP contribution >= 0.6 is 0 Å². The number of amides is 1. The minimum absolute atomic E-state index is 0.196. The van der Waals surface area contributed by atoms with Gasteiger partial charge in [0.1, 0.15) is 0 Å².